The zero-order chi connectivity index (χ0) is 16.4. The molecule has 0 aromatic carbocycles. The van der Waals surface area contributed by atoms with Gasteiger partial charge in [0.25, 0.3) is 0 Å². The van der Waals surface area contributed by atoms with E-state index in [9.17, 15) is 9.90 Å². The van der Waals surface area contributed by atoms with Crippen LogP contribution >= 0.6 is 11.3 Å². The summed E-state index contributed by atoms with van der Waals surface area (Å²) in [6, 6.07) is 3.22. The molecule has 0 aliphatic carbocycles. The maximum atomic E-state index is 11.2. The molecule has 0 fully saturated rings. The molecule has 6 nitrogen and oxygen atoms in total. The van der Waals surface area contributed by atoms with E-state index in [1.165, 1.54) is 0 Å². The number of carboxylic acid groups (broad SMARTS) is 1. The van der Waals surface area contributed by atoms with Crippen LogP contribution in [0.1, 0.15) is 31.1 Å². The van der Waals surface area contributed by atoms with Crippen LogP contribution in [0.4, 0.5) is 0 Å². The summed E-state index contributed by atoms with van der Waals surface area (Å²) in [6.07, 6.45) is 5.44. The standard InChI is InChI=1S/C15H22N4O2S/c1-2-11(9-12-5-4-8-22-12)10-19-13(14(20)21)6-3-7-18-15(16)17/h4-5,8-10,13H,2-3,6-7H2,1H3,(H,20,21)(H4,16,17,18)/b11-9+,19-10?. The summed E-state index contributed by atoms with van der Waals surface area (Å²) in [7, 11) is 0. The number of nitrogens with two attached hydrogens (primary N) is 2. The van der Waals surface area contributed by atoms with Crippen LogP contribution in [0.5, 0.6) is 0 Å². The van der Waals surface area contributed by atoms with E-state index in [2.05, 4.69) is 9.98 Å². The number of aliphatic imine (C=N–C) groups is 2. The molecule has 0 amide bonds. The molecule has 22 heavy (non-hydrogen) atoms. The first-order valence-corrected chi connectivity index (χ1v) is 7.96. The maximum Gasteiger partial charge on any atom is 0.328 e. The summed E-state index contributed by atoms with van der Waals surface area (Å²) in [5.74, 6) is -0.921. The van der Waals surface area contributed by atoms with Gasteiger partial charge in [-0.25, -0.2) is 4.79 Å². The highest BCUT2D eigenvalue weighted by atomic mass is 32.1. The number of thiophene rings is 1. The molecule has 1 aromatic heterocycles. The molecule has 0 radical (unpaired) electrons. The molecule has 120 valence electrons. The number of allylic oxidation sites excluding steroid dienone is 1. The van der Waals surface area contributed by atoms with Crippen molar-refractivity contribution in [1.29, 1.82) is 0 Å². The van der Waals surface area contributed by atoms with E-state index in [4.69, 9.17) is 11.5 Å². The van der Waals surface area contributed by atoms with Gasteiger partial charge in [-0.1, -0.05) is 13.0 Å². The van der Waals surface area contributed by atoms with E-state index in [0.29, 0.717) is 19.4 Å². The Labute approximate surface area is 134 Å². The predicted molar refractivity (Wildman–Crippen MR) is 92.4 cm³/mol. The van der Waals surface area contributed by atoms with Crippen molar-refractivity contribution in [1.82, 2.24) is 0 Å². The van der Waals surface area contributed by atoms with Gasteiger partial charge in [0, 0.05) is 17.6 Å². The van der Waals surface area contributed by atoms with E-state index in [-0.39, 0.29) is 5.96 Å². The molecule has 0 aliphatic heterocycles. The first-order chi connectivity index (χ1) is 10.5. The Morgan fingerprint density at radius 2 is 2.27 bits per heavy atom. The minimum absolute atomic E-state index is 0.0162. The van der Waals surface area contributed by atoms with Gasteiger partial charge in [-0.15, -0.1) is 11.3 Å². The van der Waals surface area contributed by atoms with Gasteiger partial charge in [-0.2, -0.15) is 0 Å². The lowest BCUT2D eigenvalue weighted by Gasteiger charge is -2.06. The van der Waals surface area contributed by atoms with Crippen LogP contribution in [0.2, 0.25) is 0 Å². The van der Waals surface area contributed by atoms with Gasteiger partial charge in [-0.3, -0.25) is 9.98 Å². The Morgan fingerprint density at radius 1 is 1.50 bits per heavy atom. The number of nitrogens with zero attached hydrogens (tertiary/aromatic N) is 2. The normalized spacial score (nSPS) is 13.2. The molecule has 0 saturated carbocycles. The molecule has 1 aromatic rings. The summed E-state index contributed by atoms with van der Waals surface area (Å²) >= 11 is 1.63. The lowest BCUT2D eigenvalue weighted by molar-refractivity contribution is -0.138. The Balaban J connectivity index is 2.64. The van der Waals surface area contributed by atoms with Gasteiger partial charge < -0.3 is 16.6 Å². The second-order valence-electron chi connectivity index (χ2n) is 4.67. The summed E-state index contributed by atoms with van der Waals surface area (Å²) in [6.45, 7) is 2.42. The Hall–Kier alpha value is -2.15. The van der Waals surface area contributed by atoms with Crippen LogP contribution in [-0.2, 0) is 4.79 Å². The predicted octanol–water partition coefficient (Wildman–Crippen LogP) is 2.12. The fraction of sp³-hybridized carbons (Fsp3) is 0.400. The van der Waals surface area contributed by atoms with Crippen LogP contribution in [0.3, 0.4) is 0 Å². The molecule has 0 spiro atoms. The monoisotopic (exact) mass is 322 g/mol. The van der Waals surface area contributed by atoms with Crippen molar-refractivity contribution >= 4 is 35.6 Å². The second-order valence-corrected chi connectivity index (χ2v) is 5.65. The highest BCUT2D eigenvalue weighted by Crippen LogP contribution is 2.14. The van der Waals surface area contributed by atoms with E-state index in [1.807, 2.05) is 30.5 Å². The first kappa shape index (κ1) is 17.9. The van der Waals surface area contributed by atoms with Crippen molar-refractivity contribution in [2.45, 2.75) is 32.2 Å². The third kappa shape index (κ3) is 7.03. The minimum atomic E-state index is -0.937. The largest absolute Gasteiger partial charge is 0.480 e. The summed E-state index contributed by atoms with van der Waals surface area (Å²) in [4.78, 5) is 20.4. The van der Waals surface area contributed by atoms with Crippen molar-refractivity contribution < 1.29 is 9.90 Å². The molecular weight excluding hydrogens is 300 g/mol. The van der Waals surface area contributed by atoms with Crippen LogP contribution in [0.15, 0.2) is 33.1 Å². The van der Waals surface area contributed by atoms with Gasteiger partial charge in [0.05, 0.1) is 0 Å². The zero-order valence-corrected chi connectivity index (χ0v) is 13.4. The molecule has 7 heteroatoms. The SMILES string of the molecule is CC/C(C=NC(CCCN=C(N)N)C(=O)O)=C\c1cccs1. The summed E-state index contributed by atoms with van der Waals surface area (Å²) < 4.78 is 0. The molecular formula is C15H22N4O2S. The second kappa shape index (κ2) is 9.73. The molecule has 0 bridgehead atoms. The Bertz CT molecular complexity index is 546. The number of carboxylic acids is 1. The lowest BCUT2D eigenvalue weighted by atomic mass is 10.1. The fourth-order valence-electron chi connectivity index (χ4n) is 1.73. The van der Waals surface area contributed by atoms with Gasteiger partial charge >= 0.3 is 5.97 Å². The van der Waals surface area contributed by atoms with Gasteiger partial charge in [0.2, 0.25) is 0 Å². The van der Waals surface area contributed by atoms with Crippen LogP contribution in [-0.4, -0.2) is 35.8 Å². The highest BCUT2D eigenvalue weighted by molar-refractivity contribution is 7.10. The number of hydrogen-bond donors (Lipinski definition) is 3. The summed E-state index contributed by atoms with van der Waals surface area (Å²) in [5.41, 5.74) is 11.4. The minimum Gasteiger partial charge on any atom is -0.480 e. The van der Waals surface area contributed by atoms with Crippen molar-refractivity contribution in [3.63, 3.8) is 0 Å². The van der Waals surface area contributed by atoms with Crippen molar-refractivity contribution in [2.75, 3.05) is 6.54 Å². The number of guanidine groups is 1. The number of rotatable bonds is 9. The summed E-state index contributed by atoms with van der Waals surface area (Å²) in [5, 5.41) is 11.2. The molecule has 5 N–H and O–H groups in total. The van der Waals surface area contributed by atoms with E-state index < -0.39 is 12.0 Å². The third-order valence-electron chi connectivity index (χ3n) is 2.91. The molecule has 0 saturated heterocycles. The number of aliphatic carboxylic acids is 1. The van der Waals surface area contributed by atoms with Gasteiger partial charge in [0.15, 0.2) is 5.96 Å². The highest BCUT2D eigenvalue weighted by Gasteiger charge is 2.14. The quantitative estimate of drug-likeness (QED) is 0.367. The number of hydrogen-bond acceptors (Lipinski definition) is 4. The van der Waals surface area contributed by atoms with Gasteiger partial charge in [-0.05, 0) is 42.4 Å². The molecule has 0 aliphatic rings. The van der Waals surface area contributed by atoms with E-state index in [1.54, 1.807) is 17.6 Å². The third-order valence-corrected chi connectivity index (χ3v) is 3.73. The van der Waals surface area contributed by atoms with Crippen molar-refractivity contribution in [3.05, 3.63) is 28.0 Å². The number of carbonyl (C=O) groups is 1. The smallest absolute Gasteiger partial charge is 0.328 e. The molecule has 1 rings (SSSR count). The average Bonchev–Trinajstić information content (AvgIpc) is 2.97. The zero-order valence-electron chi connectivity index (χ0n) is 12.6. The van der Waals surface area contributed by atoms with Crippen LogP contribution in [0.25, 0.3) is 6.08 Å². The van der Waals surface area contributed by atoms with Crippen molar-refractivity contribution in [2.24, 2.45) is 21.5 Å². The van der Waals surface area contributed by atoms with E-state index >= 15 is 0 Å². The molecule has 1 unspecified atom stereocenters. The van der Waals surface area contributed by atoms with Crippen LogP contribution in [0, 0.1) is 0 Å². The fourth-order valence-corrected chi connectivity index (χ4v) is 2.42. The molecule has 1 heterocycles. The average molecular weight is 322 g/mol. The van der Waals surface area contributed by atoms with Crippen molar-refractivity contribution in [3.8, 4) is 0 Å². The Morgan fingerprint density at radius 3 is 2.82 bits per heavy atom. The maximum absolute atomic E-state index is 11.2. The first-order valence-electron chi connectivity index (χ1n) is 7.08. The lowest BCUT2D eigenvalue weighted by Crippen LogP contribution is -2.23. The molecule has 1 atom stereocenters. The van der Waals surface area contributed by atoms with E-state index in [0.717, 1.165) is 16.9 Å². The van der Waals surface area contributed by atoms with Gasteiger partial charge in [0.1, 0.15) is 6.04 Å². The topological polar surface area (TPSA) is 114 Å². The Kier molecular flexibility index (Phi) is 7.91. The van der Waals surface area contributed by atoms with Crippen LogP contribution < -0.4 is 11.5 Å².